The molecule has 0 saturated heterocycles. The van der Waals surface area contributed by atoms with Gasteiger partial charge in [-0.15, -0.1) is 0 Å². The Morgan fingerprint density at radius 3 is 2.39 bits per heavy atom. The number of carbonyl (C=O) groups excluding carboxylic acids is 1. The van der Waals surface area contributed by atoms with Gasteiger partial charge in [-0.3, -0.25) is 9.36 Å². The summed E-state index contributed by atoms with van der Waals surface area (Å²) in [4.78, 5) is 12.8. The normalized spacial score (nSPS) is 20.8. The minimum absolute atomic E-state index is 0.00246. The summed E-state index contributed by atoms with van der Waals surface area (Å²) in [6.45, 7) is 6.48. The van der Waals surface area contributed by atoms with Crippen LogP contribution in [-0.4, -0.2) is 27.2 Å². The molecule has 0 aliphatic carbocycles. The number of hydrogen-bond donors (Lipinski definition) is 3. The number of amides is 1. The number of halogens is 1. The fourth-order valence-corrected chi connectivity index (χ4v) is 4.68. The zero-order valence-electron chi connectivity index (χ0n) is 18.6. The number of ether oxygens (including phenoxy) is 1. The second kappa shape index (κ2) is 7.40. The summed E-state index contributed by atoms with van der Waals surface area (Å²) in [6, 6.07) is 14.3. The topological polar surface area (TPSA) is 83.7 Å². The van der Waals surface area contributed by atoms with Gasteiger partial charge in [0.1, 0.15) is 11.7 Å². The summed E-state index contributed by atoms with van der Waals surface area (Å²) in [7, 11) is 0. The number of nitrogens with zero attached hydrogens (tertiary/aromatic N) is 1. The summed E-state index contributed by atoms with van der Waals surface area (Å²) in [6.07, 6.45) is 3.16. The molecule has 3 heterocycles. The first kappa shape index (κ1) is 21.6. The van der Waals surface area contributed by atoms with Crippen LogP contribution in [0.4, 0.5) is 0 Å². The van der Waals surface area contributed by atoms with Crippen LogP contribution in [0.5, 0.6) is 11.8 Å². The van der Waals surface area contributed by atoms with Crippen molar-refractivity contribution in [2.45, 2.75) is 37.9 Å². The lowest BCUT2D eigenvalue weighted by atomic mass is 9.86. The first-order valence-electron chi connectivity index (χ1n) is 10.8. The smallest absolute Gasteiger partial charge is 0.251 e. The van der Waals surface area contributed by atoms with Crippen molar-refractivity contribution in [3.8, 4) is 17.4 Å². The van der Waals surface area contributed by atoms with Crippen molar-refractivity contribution in [3.05, 3.63) is 88.0 Å². The van der Waals surface area contributed by atoms with Gasteiger partial charge in [-0.1, -0.05) is 50.6 Å². The zero-order valence-corrected chi connectivity index (χ0v) is 19.3. The molecule has 1 aromatic heterocycles. The highest BCUT2D eigenvalue weighted by atomic mass is 35.5. The summed E-state index contributed by atoms with van der Waals surface area (Å²) in [5.74, 6) is -0.454. The zero-order chi connectivity index (χ0) is 23.5. The van der Waals surface area contributed by atoms with E-state index in [0.29, 0.717) is 27.4 Å². The molecule has 2 bridgehead atoms. The third-order valence-electron chi connectivity index (χ3n) is 6.35. The second-order valence-corrected chi connectivity index (χ2v) is 9.98. The van der Waals surface area contributed by atoms with Gasteiger partial charge < -0.3 is 20.3 Å². The van der Waals surface area contributed by atoms with E-state index in [-0.39, 0.29) is 29.6 Å². The highest BCUT2D eigenvalue weighted by Gasteiger charge is 2.53. The quantitative estimate of drug-likeness (QED) is 0.469. The summed E-state index contributed by atoms with van der Waals surface area (Å²) in [5, 5.41) is 25.5. The Balaban J connectivity index is 1.42. The fourth-order valence-electron chi connectivity index (χ4n) is 4.56. The van der Waals surface area contributed by atoms with Gasteiger partial charge in [0.15, 0.2) is 0 Å². The third kappa shape index (κ3) is 3.41. The largest absolute Gasteiger partial charge is 0.494 e. The number of benzene rings is 2. The molecule has 2 atom stereocenters. The van der Waals surface area contributed by atoms with Crippen molar-refractivity contribution in [2.24, 2.45) is 0 Å². The van der Waals surface area contributed by atoms with E-state index < -0.39 is 11.7 Å². The van der Waals surface area contributed by atoms with Crippen LogP contribution in [0.15, 0.2) is 60.7 Å². The molecule has 3 aromatic rings. The molecule has 2 aliphatic rings. The van der Waals surface area contributed by atoms with Gasteiger partial charge in [0.2, 0.25) is 11.8 Å². The number of aromatic nitrogens is 1. The van der Waals surface area contributed by atoms with Crippen LogP contribution < -0.4 is 5.32 Å². The monoisotopic (exact) mass is 464 g/mol. The van der Waals surface area contributed by atoms with E-state index in [1.165, 1.54) is 4.57 Å². The molecular weight excluding hydrogens is 440 g/mol. The molecule has 0 spiro atoms. The van der Waals surface area contributed by atoms with Crippen molar-refractivity contribution < 1.29 is 19.7 Å². The molecule has 5 rings (SSSR count). The van der Waals surface area contributed by atoms with Crippen LogP contribution in [0, 0.1) is 0 Å². The number of nitrogens with one attached hydrogen (secondary N) is 1. The maximum atomic E-state index is 12.8. The standard InChI is InChI=1S/C26H25ClN2O4/c1-25(2,3)16-6-4-15(5-7-16)22(30)28-14-26-13-12-19(33-26)20-21(26)24(32)29(23(20)31)18-10-8-17(27)9-11-18/h4-13,19,31-32H,14H2,1-3H3,(H,28,30). The van der Waals surface area contributed by atoms with Crippen molar-refractivity contribution in [1.29, 1.82) is 0 Å². The summed E-state index contributed by atoms with van der Waals surface area (Å²) < 4.78 is 7.48. The molecular formula is C26H25ClN2O4. The van der Waals surface area contributed by atoms with Crippen molar-refractivity contribution in [2.75, 3.05) is 6.54 Å². The van der Waals surface area contributed by atoms with Gasteiger partial charge in [0, 0.05) is 10.6 Å². The highest BCUT2D eigenvalue weighted by molar-refractivity contribution is 6.30. The van der Waals surface area contributed by atoms with E-state index in [1.807, 2.05) is 36.4 Å². The molecule has 1 amide bonds. The predicted molar refractivity (Wildman–Crippen MR) is 126 cm³/mol. The van der Waals surface area contributed by atoms with E-state index in [1.54, 1.807) is 24.3 Å². The molecule has 2 aliphatic heterocycles. The van der Waals surface area contributed by atoms with E-state index in [9.17, 15) is 15.0 Å². The molecule has 2 unspecified atom stereocenters. The van der Waals surface area contributed by atoms with Crippen LogP contribution in [0.2, 0.25) is 5.02 Å². The minimum atomic E-state index is -1.06. The van der Waals surface area contributed by atoms with E-state index in [0.717, 1.165) is 5.56 Å². The molecule has 33 heavy (non-hydrogen) atoms. The van der Waals surface area contributed by atoms with Crippen LogP contribution in [0.25, 0.3) is 5.69 Å². The van der Waals surface area contributed by atoms with Crippen molar-refractivity contribution >= 4 is 17.5 Å². The summed E-state index contributed by atoms with van der Waals surface area (Å²) in [5.41, 5.74) is 2.18. The maximum Gasteiger partial charge on any atom is 0.251 e. The Morgan fingerprint density at radius 2 is 1.76 bits per heavy atom. The van der Waals surface area contributed by atoms with Crippen LogP contribution in [-0.2, 0) is 15.8 Å². The molecule has 6 nitrogen and oxygen atoms in total. The Labute approximate surface area is 197 Å². The van der Waals surface area contributed by atoms with E-state index >= 15 is 0 Å². The van der Waals surface area contributed by atoms with Gasteiger partial charge >= 0.3 is 0 Å². The Hall–Kier alpha value is -3.22. The minimum Gasteiger partial charge on any atom is -0.494 e. The second-order valence-electron chi connectivity index (χ2n) is 9.54. The molecule has 7 heteroatoms. The number of aromatic hydroxyl groups is 2. The molecule has 3 N–H and O–H groups in total. The molecule has 0 radical (unpaired) electrons. The number of rotatable bonds is 4. The lowest BCUT2D eigenvalue weighted by Crippen LogP contribution is -2.38. The first-order chi connectivity index (χ1) is 15.6. The Bertz CT molecular complexity index is 1270. The van der Waals surface area contributed by atoms with Gasteiger partial charge in [0.25, 0.3) is 5.91 Å². The van der Waals surface area contributed by atoms with Gasteiger partial charge in [0.05, 0.1) is 23.4 Å². The number of hydrogen-bond acceptors (Lipinski definition) is 4. The first-order valence-corrected chi connectivity index (χ1v) is 11.2. The van der Waals surface area contributed by atoms with Gasteiger partial charge in [-0.2, -0.15) is 0 Å². The Kier molecular flexibility index (Phi) is 4.85. The molecule has 0 saturated carbocycles. The number of carbonyl (C=O) groups is 1. The lowest BCUT2D eigenvalue weighted by molar-refractivity contribution is -0.00395. The van der Waals surface area contributed by atoms with Crippen molar-refractivity contribution in [1.82, 2.24) is 9.88 Å². The average Bonchev–Trinajstić information content (AvgIpc) is 3.43. The Morgan fingerprint density at radius 1 is 1.09 bits per heavy atom. The fraction of sp³-hybridized carbons (Fsp3) is 0.269. The SMILES string of the molecule is CC(C)(C)c1ccc(C(=O)NCC23C=CC(O2)c2c3c(O)n(-c3ccc(Cl)cc3)c2O)cc1. The average molecular weight is 465 g/mol. The van der Waals surface area contributed by atoms with Gasteiger partial charge in [-0.05, 0) is 53.5 Å². The third-order valence-corrected chi connectivity index (χ3v) is 6.60. The van der Waals surface area contributed by atoms with Gasteiger partial charge in [-0.25, -0.2) is 0 Å². The van der Waals surface area contributed by atoms with E-state index in [2.05, 4.69) is 26.1 Å². The maximum absolute atomic E-state index is 12.8. The molecule has 0 fully saturated rings. The van der Waals surface area contributed by atoms with Crippen LogP contribution in [0.1, 0.15) is 53.9 Å². The number of fused-ring (bicyclic) bond motifs is 5. The predicted octanol–water partition coefficient (Wildman–Crippen LogP) is 5.11. The molecule has 170 valence electrons. The lowest BCUT2D eigenvalue weighted by Gasteiger charge is -2.24. The van der Waals surface area contributed by atoms with Crippen LogP contribution >= 0.6 is 11.6 Å². The highest BCUT2D eigenvalue weighted by Crippen LogP contribution is 2.58. The summed E-state index contributed by atoms with van der Waals surface area (Å²) >= 11 is 5.98. The van der Waals surface area contributed by atoms with Crippen molar-refractivity contribution in [3.63, 3.8) is 0 Å². The van der Waals surface area contributed by atoms with Crippen LogP contribution in [0.3, 0.4) is 0 Å². The molecule has 2 aromatic carbocycles. The van der Waals surface area contributed by atoms with E-state index in [4.69, 9.17) is 16.3 Å².